The van der Waals surface area contributed by atoms with Crippen molar-refractivity contribution in [2.24, 2.45) is 0 Å². The molecule has 0 aliphatic heterocycles. The molecule has 0 amide bonds. The minimum Gasteiger partial charge on any atom is -0.478 e. The van der Waals surface area contributed by atoms with Gasteiger partial charge in [0.25, 0.3) is 5.69 Å². The van der Waals surface area contributed by atoms with Gasteiger partial charge in [-0.1, -0.05) is 0 Å². The van der Waals surface area contributed by atoms with E-state index in [1.165, 1.54) is 30.0 Å². The number of carboxylic acid groups (broad SMARTS) is 1. The van der Waals surface area contributed by atoms with E-state index < -0.39 is 34.8 Å². The predicted octanol–water partition coefficient (Wildman–Crippen LogP) is 1.92. The molecule has 0 saturated heterocycles. The van der Waals surface area contributed by atoms with Gasteiger partial charge in [-0.05, 0) is 24.0 Å². The Morgan fingerprint density at radius 2 is 2.04 bits per heavy atom. The molecule has 1 aromatic carbocycles. The number of thioether (sulfide) groups is 1. The lowest BCUT2D eigenvalue weighted by molar-refractivity contribution is -0.384. The average molecular weight is 339 g/mol. The Morgan fingerprint density at radius 3 is 2.52 bits per heavy atom. The molecular weight excluding hydrogens is 326 g/mol. The summed E-state index contributed by atoms with van der Waals surface area (Å²) in [6.07, 6.45) is 2.74. The second kappa shape index (κ2) is 8.08. The fourth-order valence-corrected chi connectivity index (χ4v) is 2.17. The fourth-order valence-electron chi connectivity index (χ4n) is 1.61. The molecule has 0 bridgehead atoms. The number of benzene rings is 1. The van der Waals surface area contributed by atoms with Gasteiger partial charge in [0.1, 0.15) is 5.57 Å². The molecule has 0 aliphatic rings. The van der Waals surface area contributed by atoms with E-state index in [4.69, 9.17) is 5.11 Å². The molecule has 8 nitrogen and oxygen atoms in total. The first-order valence-electron chi connectivity index (χ1n) is 6.20. The number of nitro groups is 1. The van der Waals surface area contributed by atoms with Gasteiger partial charge in [-0.25, -0.2) is 4.79 Å². The maximum Gasteiger partial charge on any atom is 0.339 e. The van der Waals surface area contributed by atoms with E-state index in [2.05, 4.69) is 4.74 Å². The molecule has 0 aromatic heterocycles. The smallest absolute Gasteiger partial charge is 0.339 e. The maximum atomic E-state index is 11.8. The highest BCUT2D eigenvalue weighted by Crippen LogP contribution is 2.27. The van der Waals surface area contributed by atoms with Crippen molar-refractivity contribution in [2.45, 2.75) is 11.8 Å². The van der Waals surface area contributed by atoms with Crippen LogP contribution in [0.5, 0.6) is 0 Å². The van der Waals surface area contributed by atoms with Crippen LogP contribution < -0.4 is 0 Å². The number of Topliss-reactive ketones (excluding diaryl/α,β-unsaturated/α-hetero) is 1. The molecule has 0 atom stereocenters. The van der Waals surface area contributed by atoms with Gasteiger partial charge in [-0.2, -0.15) is 0 Å². The van der Waals surface area contributed by atoms with Gasteiger partial charge >= 0.3 is 11.9 Å². The summed E-state index contributed by atoms with van der Waals surface area (Å²) in [5.41, 5.74) is -0.631. The average Bonchev–Trinajstić information content (AvgIpc) is 2.49. The Bertz CT molecular complexity index is 696. The summed E-state index contributed by atoms with van der Waals surface area (Å²) in [6.45, 7) is 0.376. The highest BCUT2D eigenvalue weighted by molar-refractivity contribution is 7.98. The third-order valence-electron chi connectivity index (χ3n) is 2.66. The Kier molecular flexibility index (Phi) is 6.46. The Morgan fingerprint density at radius 1 is 1.39 bits per heavy atom. The van der Waals surface area contributed by atoms with Crippen LogP contribution in [0.25, 0.3) is 6.08 Å². The topological polar surface area (TPSA) is 124 Å². The van der Waals surface area contributed by atoms with E-state index in [1.807, 2.05) is 0 Å². The lowest BCUT2D eigenvalue weighted by Crippen LogP contribution is -2.19. The van der Waals surface area contributed by atoms with Crippen molar-refractivity contribution in [3.8, 4) is 0 Å². The molecule has 1 rings (SSSR count). The maximum absolute atomic E-state index is 11.8. The lowest BCUT2D eigenvalue weighted by Gasteiger charge is -2.06. The van der Waals surface area contributed by atoms with Crippen molar-refractivity contribution in [3.05, 3.63) is 39.4 Å². The number of esters is 1. The molecule has 0 heterocycles. The van der Waals surface area contributed by atoms with Gasteiger partial charge in [0, 0.05) is 24.0 Å². The molecular formula is C14H13NO7S. The summed E-state index contributed by atoms with van der Waals surface area (Å²) < 4.78 is 4.48. The number of hydrogen-bond donors (Lipinski definition) is 1. The summed E-state index contributed by atoms with van der Waals surface area (Å²) >= 11 is 1.24. The summed E-state index contributed by atoms with van der Waals surface area (Å²) in [5, 5.41) is 20.0. The number of aliphatic carboxylic acids is 1. The Balaban J connectivity index is 3.28. The molecule has 0 fully saturated rings. The third kappa shape index (κ3) is 5.22. The van der Waals surface area contributed by atoms with Gasteiger partial charge in [0.15, 0.2) is 6.61 Å². The molecule has 0 radical (unpaired) electrons. The Hall–Kier alpha value is -2.68. The van der Waals surface area contributed by atoms with Crippen molar-refractivity contribution < 1.29 is 29.2 Å². The minimum absolute atomic E-state index is 0.222. The van der Waals surface area contributed by atoms with Crippen LogP contribution in [0.4, 0.5) is 5.69 Å². The van der Waals surface area contributed by atoms with Crippen LogP contribution in [0.2, 0.25) is 0 Å². The highest BCUT2D eigenvalue weighted by atomic mass is 32.2. The van der Waals surface area contributed by atoms with Crippen LogP contribution >= 0.6 is 11.8 Å². The zero-order valence-corrected chi connectivity index (χ0v) is 13.1. The van der Waals surface area contributed by atoms with Crippen LogP contribution in [-0.2, 0) is 19.1 Å². The van der Waals surface area contributed by atoms with Gasteiger partial charge in [0.2, 0.25) is 5.78 Å². The van der Waals surface area contributed by atoms with E-state index in [1.54, 1.807) is 6.26 Å². The van der Waals surface area contributed by atoms with Crippen LogP contribution in [-0.4, -0.2) is 40.6 Å². The predicted molar refractivity (Wildman–Crippen MR) is 82.1 cm³/mol. The lowest BCUT2D eigenvalue weighted by atomic mass is 10.1. The monoisotopic (exact) mass is 339 g/mol. The number of carboxylic acids is 1. The van der Waals surface area contributed by atoms with Gasteiger partial charge in [-0.3, -0.25) is 19.7 Å². The summed E-state index contributed by atoms with van der Waals surface area (Å²) in [4.78, 5) is 44.5. The second-order valence-electron chi connectivity index (χ2n) is 4.25. The molecule has 1 N–H and O–H groups in total. The molecule has 9 heteroatoms. The van der Waals surface area contributed by atoms with Crippen LogP contribution in [0.1, 0.15) is 12.5 Å². The summed E-state index contributed by atoms with van der Waals surface area (Å²) in [7, 11) is 0. The first-order chi connectivity index (χ1) is 10.8. The summed E-state index contributed by atoms with van der Waals surface area (Å²) in [6, 6.07) is 3.92. The standard InChI is InChI=1S/C14H13NO7S/c1-8(16)22-7-12(17)11(14(18)19)6-9-5-10(15(20)21)3-4-13(9)23-2/h3-6H,7H2,1-2H3,(H,18,19). The Labute approximate surface area is 135 Å². The first-order valence-corrected chi connectivity index (χ1v) is 7.42. The number of nitrogens with zero attached hydrogens (tertiary/aromatic N) is 1. The van der Waals surface area contributed by atoms with E-state index in [9.17, 15) is 24.5 Å². The van der Waals surface area contributed by atoms with Gasteiger partial charge < -0.3 is 9.84 Å². The third-order valence-corrected chi connectivity index (χ3v) is 3.47. The number of carbonyl (C=O) groups excluding carboxylic acids is 2. The highest BCUT2D eigenvalue weighted by Gasteiger charge is 2.20. The van der Waals surface area contributed by atoms with E-state index in [0.29, 0.717) is 4.90 Å². The van der Waals surface area contributed by atoms with E-state index >= 15 is 0 Å². The number of hydrogen-bond acceptors (Lipinski definition) is 7. The van der Waals surface area contributed by atoms with Crippen LogP contribution in [0.15, 0.2) is 28.7 Å². The normalized spacial score (nSPS) is 11.0. The number of non-ortho nitro benzene ring substituents is 1. The number of ether oxygens (including phenoxy) is 1. The van der Waals surface area contributed by atoms with Crippen molar-refractivity contribution >= 4 is 41.2 Å². The van der Waals surface area contributed by atoms with Crippen molar-refractivity contribution in [1.82, 2.24) is 0 Å². The second-order valence-corrected chi connectivity index (χ2v) is 5.10. The van der Waals surface area contributed by atoms with E-state index in [-0.39, 0.29) is 11.3 Å². The SMILES string of the molecule is CSc1ccc([N+](=O)[O-])cc1C=C(C(=O)O)C(=O)COC(C)=O. The minimum atomic E-state index is -1.51. The fraction of sp³-hybridized carbons (Fsp3) is 0.214. The largest absolute Gasteiger partial charge is 0.478 e. The summed E-state index contributed by atoms with van der Waals surface area (Å²) in [5.74, 6) is -3.14. The number of nitro benzene ring substituents is 1. The van der Waals surface area contributed by atoms with Gasteiger partial charge in [0.05, 0.1) is 4.92 Å². The van der Waals surface area contributed by atoms with Crippen LogP contribution in [0.3, 0.4) is 0 Å². The zero-order valence-electron chi connectivity index (χ0n) is 12.3. The molecule has 0 saturated carbocycles. The molecule has 1 aromatic rings. The van der Waals surface area contributed by atoms with Gasteiger partial charge in [-0.15, -0.1) is 11.8 Å². The molecule has 122 valence electrons. The quantitative estimate of drug-likeness (QED) is 0.152. The molecule has 0 aliphatic carbocycles. The number of carbonyl (C=O) groups is 3. The van der Waals surface area contributed by atoms with Crippen molar-refractivity contribution in [2.75, 3.05) is 12.9 Å². The van der Waals surface area contributed by atoms with Crippen molar-refractivity contribution in [3.63, 3.8) is 0 Å². The first kappa shape index (κ1) is 18.4. The van der Waals surface area contributed by atoms with Crippen LogP contribution in [0, 0.1) is 10.1 Å². The van der Waals surface area contributed by atoms with Crippen molar-refractivity contribution in [1.29, 1.82) is 0 Å². The number of ketones is 1. The zero-order chi connectivity index (χ0) is 17.6. The van der Waals surface area contributed by atoms with E-state index in [0.717, 1.165) is 13.0 Å². The molecule has 0 spiro atoms. The molecule has 0 unspecified atom stereocenters. The number of rotatable bonds is 7. The molecule has 23 heavy (non-hydrogen) atoms.